The number of nitrogens with zero attached hydrogens (tertiary/aromatic N) is 1. The molecule has 2 fully saturated rings. The lowest BCUT2D eigenvalue weighted by molar-refractivity contribution is -0.135. The van der Waals surface area contributed by atoms with E-state index in [1.165, 1.54) is 5.57 Å². The second kappa shape index (κ2) is 16.1. The normalized spacial score (nSPS) is 22.1. The minimum Gasteiger partial charge on any atom is -0.497 e. The summed E-state index contributed by atoms with van der Waals surface area (Å²) in [5.41, 5.74) is 1.10. The van der Waals surface area contributed by atoms with Crippen LogP contribution in [0, 0.1) is 0 Å². The van der Waals surface area contributed by atoms with Gasteiger partial charge in [0, 0.05) is 19.5 Å². The van der Waals surface area contributed by atoms with E-state index in [1.807, 2.05) is 4.90 Å². The number of ether oxygens (including phenoxy) is 3. The number of carbonyl (C=O) groups is 4. The van der Waals surface area contributed by atoms with Gasteiger partial charge in [0.1, 0.15) is 23.4 Å². The number of benzene rings is 1. The van der Waals surface area contributed by atoms with Crippen LogP contribution in [-0.2, 0) is 35.1 Å². The smallest absolute Gasteiger partial charge is 0.245 e. The van der Waals surface area contributed by atoms with Crippen LogP contribution in [0.3, 0.4) is 0 Å². The Bertz CT molecular complexity index is 1180. The van der Waals surface area contributed by atoms with Gasteiger partial charge in [-0.3, -0.25) is 24.1 Å². The molecular formula is C32H46N4O8. The average molecular weight is 615 g/mol. The van der Waals surface area contributed by atoms with Crippen molar-refractivity contribution >= 4 is 23.5 Å². The van der Waals surface area contributed by atoms with Crippen LogP contribution in [0.25, 0.3) is 0 Å². The Labute approximate surface area is 258 Å². The van der Waals surface area contributed by atoms with Crippen molar-refractivity contribution in [3.05, 3.63) is 41.5 Å². The fraction of sp³-hybridized carbons (Fsp3) is 0.625. The summed E-state index contributed by atoms with van der Waals surface area (Å²) >= 11 is 0. The molecule has 0 unspecified atom stereocenters. The highest BCUT2D eigenvalue weighted by molar-refractivity contribution is 5.98. The topological polar surface area (TPSA) is 159 Å². The molecular weight excluding hydrogens is 568 g/mol. The fourth-order valence-corrected chi connectivity index (χ4v) is 5.50. The molecule has 242 valence electrons. The molecule has 2 heterocycles. The Morgan fingerprint density at radius 2 is 1.68 bits per heavy atom. The summed E-state index contributed by atoms with van der Waals surface area (Å²) in [7, 11) is 1.55. The summed E-state index contributed by atoms with van der Waals surface area (Å²) in [6, 6.07) is 3.94. The molecule has 12 nitrogen and oxygen atoms in total. The Hall–Kier alpha value is -3.32. The van der Waals surface area contributed by atoms with Gasteiger partial charge in [0.15, 0.2) is 5.78 Å². The van der Waals surface area contributed by atoms with Crippen LogP contribution < -0.4 is 20.7 Å². The molecule has 1 aromatic carbocycles. The van der Waals surface area contributed by atoms with E-state index in [4.69, 9.17) is 14.2 Å². The average Bonchev–Trinajstić information content (AvgIpc) is 3.80. The molecule has 0 spiro atoms. The highest BCUT2D eigenvalue weighted by atomic mass is 16.6. The molecule has 2 aliphatic heterocycles. The third-order valence-corrected chi connectivity index (χ3v) is 8.41. The molecule has 12 heteroatoms. The molecule has 3 aliphatic rings. The highest BCUT2D eigenvalue weighted by Crippen LogP contribution is 2.30. The number of ketones is 1. The van der Waals surface area contributed by atoms with E-state index < -0.39 is 48.1 Å². The first-order chi connectivity index (χ1) is 21.2. The van der Waals surface area contributed by atoms with E-state index in [2.05, 4.69) is 22.0 Å². The van der Waals surface area contributed by atoms with Gasteiger partial charge < -0.3 is 35.3 Å². The molecule has 4 atom stereocenters. The number of Topliss-reactive ketones (excluding diaryl/α,β-unsaturated/α-hetero) is 1. The molecule has 0 saturated carbocycles. The molecule has 0 radical (unpaired) electrons. The summed E-state index contributed by atoms with van der Waals surface area (Å²) < 4.78 is 16.0. The van der Waals surface area contributed by atoms with Crippen LogP contribution in [-0.4, -0.2) is 110 Å². The van der Waals surface area contributed by atoms with Crippen molar-refractivity contribution in [2.24, 2.45) is 0 Å². The second-order valence-corrected chi connectivity index (χ2v) is 11.9. The number of rotatable bonds is 16. The van der Waals surface area contributed by atoms with Crippen LogP contribution in [0.1, 0.15) is 51.0 Å². The summed E-state index contributed by atoms with van der Waals surface area (Å²) in [5.74, 6) is -1.21. The third kappa shape index (κ3) is 9.85. The first kappa shape index (κ1) is 33.6. The van der Waals surface area contributed by atoms with Gasteiger partial charge in [0.25, 0.3) is 0 Å². The highest BCUT2D eigenvalue weighted by Gasteiger charge is 2.50. The number of aliphatic hydroxyl groups excluding tert-OH is 1. The Morgan fingerprint density at radius 1 is 1.00 bits per heavy atom. The molecule has 0 bridgehead atoms. The molecule has 4 rings (SSSR count). The quantitative estimate of drug-likeness (QED) is 0.155. The molecule has 1 aliphatic carbocycles. The Kier molecular flexibility index (Phi) is 12.3. The molecule has 1 aromatic rings. The Morgan fingerprint density at radius 3 is 2.30 bits per heavy atom. The van der Waals surface area contributed by atoms with Gasteiger partial charge in [-0.15, -0.1) is 0 Å². The van der Waals surface area contributed by atoms with E-state index in [0.717, 1.165) is 31.2 Å². The molecule has 3 amide bonds. The van der Waals surface area contributed by atoms with Gasteiger partial charge in [-0.2, -0.15) is 0 Å². The van der Waals surface area contributed by atoms with Crippen LogP contribution in [0.2, 0.25) is 0 Å². The number of hydrogen-bond donors (Lipinski definition) is 4. The van der Waals surface area contributed by atoms with E-state index >= 15 is 0 Å². The van der Waals surface area contributed by atoms with Gasteiger partial charge in [0.05, 0.1) is 46.1 Å². The number of hydrogen-bond acceptors (Lipinski definition) is 9. The fourth-order valence-electron chi connectivity index (χ4n) is 5.50. The summed E-state index contributed by atoms with van der Waals surface area (Å²) in [4.78, 5) is 55.0. The van der Waals surface area contributed by atoms with Gasteiger partial charge in [0.2, 0.25) is 17.7 Å². The lowest BCUT2D eigenvalue weighted by Gasteiger charge is -2.27. The SMILES string of the molecule is COc1ccc(C[C@H](NC(=O)[C@H](CO)NC(=O)CN2CCOCC2)C(=O)N[C@@H](CCC2=CCCCC2)C(=O)[C@@]2(C)CO2)cc1. The summed E-state index contributed by atoms with van der Waals surface area (Å²) in [6.07, 6.45) is 7.72. The zero-order valence-electron chi connectivity index (χ0n) is 25.8. The van der Waals surface area contributed by atoms with Gasteiger partial charge in [-0.05, 0) is 63.1 Å². The molecule has 4 N–H and O–H groups in total. The number of amides is 3. The minimum absolute atomic E-state index is 0.0595. The summed E-state index contributed by atoms with van der Waals surface area (Å²) in [5, 5.41) is 18.2. The first-order valence-corrected chi connectivity index (χ1v) is 15.5. The zero-order chi connectivity index (χ0) is 31.5. The Balaban J connectivity index is 1.46. The summed E-state index contributed by atoms with van der Waals surface area (Å²) in [6.45, 7) is 3.65. The second-order valence-electron chi connectivity index (χ2n) is 11.9. The van der Waals surface area contributed by atoms with Crippen molar-refractivity contribution in [2.45, 2.75) is 75.6 Å². The maximum Gasteiger partial charge on any atom is 0.245 e. The van der Waals surface area contributed by atoms with Crippen molar-refractivity contribution < 1.29 is 38.5 Å². The predicted molar refractivity (Wildman–Crippen MR) is 162 cm³/mol. The largest absolute Gasteiger partial charge is 0.497 e. The van der Waals surface area contributed by atoms with Gasteiger partial charge in [-0.1, -0.05) is 23.8 Å². The van der Waals surface area contributed by atoms with Crippen molar-refractivity contribution in [1.82, 2.24) is 20.9 Å². The van der Waals surface area contributed by atoms with E-state index in [0.29, 0.717) is 51.5 Å². The van der Waals surface area contributed by atoms with Gasteiger partial charge in [-0.25, -0.2) is 0 Å². The van der Waals surface area contributed by atoms with Crippen molar-refractivity contribution in [3.63, 3.8) is 0 Å². The standard InChI is InChI=1S/C32H46N4O8/c1-32(21-44-32)29(39)25(13-10-22-6-4-3-5-7-22)34-30(40)26(18-23-8-11-24(42-2)12-9-23)35-31(41)27(20-37)33-28(38)19-36-14-16-43-17-15-36/h6,8-9,11-12,25-27,37H,3-5,7,10,13-21H2,1-2H3,(H,33,38)(H,34,40)(H,35,41)/t25-,26-,27-,32+/m0/s1. The van der Waals surface area contributed by atoms with Gasteiger partial charge >= 0.3 is 0 Å². The van der Waals surface area contributed by atoms with Crippen LogP contribution in [0.4, 0.5) is 0 Å². The van der Waals surface area contributed by atoms with Crippen molar-refractivity contribution in [3.8, 4) is 5.75 Å². The van der Waals surface area contributed by atoms with Crippen molar-refractivity contribution in [2.75, 3.05) is 53.2 Å². The number of carbonyl (C=O) groups excluding carboxylic acids is 4. The van der Waals surface area contributed by atoms with Crippen molar-refractivity contribution in [1.29, 1.82) is 0 Å². The van der Waals surface area contributed by atoms with Crippen LogP contribution in [0.5, 0.6) is 5.75 Å². The number of nitrogens with one attached hydrogen (secondary N) is 3. The van der Waals surface area contributed by atoms with E-state index in [1.54, 1.807) is 38.3 Å². The maximum absolute atomic E-state index is 13.8. The lowest BCUT2D eigenvalue weighted by Crippen LogP contribution is -2.58. The number of morpholine rings is 1. The number of epoxide rings is 1. The molecule has 2 saturated heterocycles. The predicted octanol–water partition coefficient (Wildman–Crippen LogP) is 0.655. The third-order valence-electron chi connectivity index (χ3n) is 8.41. The lowest BCUT2D eigenvalue weighted by atomic mass is 9.91. The number of aliphatic hydroxyl groups is 1. The van der Waals surface area contributed by atoms with Crippen LogP contribution in [0.15, 0.2) is 35.9 Å². The number of methoxy groups -OCH3 is 1. The van der Waals surface area contributed by atoms with E-state index in [-0.39, 0.29) is 18.7 Å². The minimum atomic E-state index is -1.26. The molecule has 0 aromatic heterocycles. The number of allylic oxidation sites excluding steroid dienone is 2. The maximum atomic E-state index is 13.8. The van der Waals surface area contributed by atoms with E-state index in [9.17, 15) is 24.3 Å². The first-order valence-electron chi connectivity index (χ1n) is 15.5. The zero-order valence-corrected chi connectivity index (χ0v) is 25.8. The molecule has 44 heavy (non-hydrogen) atoms. The van der Waals surface area contributed by atoms with Crippen LogP contribution >= 0.6 is 0 Å². The monoisotopic (exact) mass is 614 g/mol.